The summed E-state index contributed by atoms with van der Waals surface area (Å²) in [6.45, 7) is 8.52. The number of nitriles is 1. The molecule has 0 aliphatic rings. The second-order valence-corrected chi connectivity index (χ2v) is 8.06. The molecule has 2 heterocycles. The lowest BCUT2D eigenvalue weighted by Gasteiger charge is -2.09. The van der Waals surface area contributed by atoms with Crippen molar-refractivity contribution in [3.05, 3.63) is 64.8 Å². The molecule has 0 spiro atoms. The second kappa shape index (κ2) is 6.80. The number of hydrogen-bond donors (Lipinski definition) is 0. The van der Waals surface area contributed by atoms with E-state index in [9.17, 15) is 5.26 Å². The molecule has 2 aromatic carbocycles. The number of aryl methyl sites for hydroxylation is 3. The highest BCUT2D eigenvalue weighted by Gasteiger charge is 2.23. The van der Waals surface area contributed by atoms with E-state index >= 15 is 0 Å². The molecule has 4 aromatic rings. The van der Waals surface area contributed by atoms with Gasteiger partial charge in [-0.2, -0.15) is 5.26 Å². The van der Waals surface area contributed by atoms with Crippen LogP contribution in [0.25, 0.3) is 33.2 Å². The summed E-state index contributed by atoms with van der Waals surface area (Å²) in [6, 6.07) is 14.9. The number of pyridine rings is 1. The van der Waals surface area contributed by atoms with Gasteiger partial charge >= 0.3 is 0 Å². The molecule has 4 rings (SSSR count). The van der Waals surface area contributed by atoms with Crippen LogP contribution in [0.1, 0.15) is 36.1 Å². The van der Waals surface area contributed by atoms with Gasteiger partial charge in [-0.25, -0.2) is 4.57 Å². The van der Waals surface area contributed by atoms with Crippen molar-refractivity contribution in [1.29, 1.82) is 5.26 Å². The standard InChI is InChI=1S/C25H25N2O/c1-15(2)12-18-13-19(14-26)17(4)24-23(18)20-10-9-16(3)22(25(20)28-24)21-8-6-7-11-27(21)5/h6-11,13,15H,12H2,1-5H3/q+1. The van der Waals surface area contributed by atoms with Gasteiger partial charge in [0.05, 0.1) is 17.2 Å². The predicted octanol–water partition coefficient (Wildman–Crippen LogP) is 5.76. The Balaban J connectivity index is 2.17. The molecule has 0 saturated heterocycles. The van der Waals surface area contributed by atoms with E-state index in [2.05, 4.69) is 75.0 Å². The smallest absolute Gasteiger partial charge is 0.216 e. The van der Waals surface area contributed by atoms with Gasteiger partial charge < -0.3 is 4.42 Å². The number of fused-ring (bicyclic) bond motifs is 3. The number of hydrogen-bond acceptors (Lipinski definition) is 2. The Labute approximate surface area is 165 Å². The van der Waals surface area contributed by atoms with Crippen molar-refractivity contribution in [3.8, 4) is 17.3 Å². The molecular weight excluding hydrogens is 344 g/mol. The van der Waals surface area contributed by atoms with Crippen LogP contribution in [-0.2, 0) is 13.5 Å². The van der Waals surface area contributed by atoms with Crippen LogP contribution in [0, 0.1) is 31.1 Å². The van der Waals surface area contributed by atoms with Crippen molar-refractivity contribution in [2.75, 3.05) is 0 Å². The number of furan rings is 1. The zero-order valence-electron chi connectivity index (χ0n) is 17.1. The average Bonchev–Trinajstić information content (AvgIpc) is 3.05. The summed E-state index contributed by atoms with van der Waals surface area (Å²) in [5.41, 5.74) is 7.97. The summed E-state index contributed by atoms with van der Waals surface area (Å²) < 4.78 is 8.63. The van der Waals surface area contributed by atoms with Crippen LogP contribution in [0.3, 0.4) is 0 Å². The number of benzene rings is 2. The van der Waals surface area contributed by atoms with Gasteiger partial charge in [0.25, 0.3) is 0 Å². The fourth-order valence-electron chi connectivity index (χ4n) is 4.14. The van der Waals surface area contributed by atoms with Crippen LogP contribution in [0.15, 0.2) is 47.0 Å². The molecule has 0 unspecified atom stereocenters. The van der Waals surface area contributed by atoms with E-state index in [1.807, 2.05) is 13.0 Å². The Morgan fingerprint density at radius 3 is 2.57 bits per heavy atom. The van der Waals surface area contributed by atoms with Crippen molar-refractivity contribution in [2.45, 2.75) is 34.1 Å². The maximum absolute atomic E-state index is 9.63. The van der Waals surface area contributed by atoms with Gasteiger partial charge in [0.1, 0.15) is 18.2 Å². The summed E-state index contributed by atoms with van der Waals surface area (Å²) in [5.74, 6) is 0.499. The van der Waals surface area contributed by atoms with Crippen molar-refractivity contribution in [2.24, 2.45) is 13.0 Å². The fourth-order valence-corrected chi connectivity index (χ4v) is 4.14. The van der Waals surface area contributed by atoms with E-state index in [4.69, 9.17) is 4.42 Å². The molecule has 0 aliphatic carbocycles. The minimum absolute atomic E-state index is 0.499. The van der Waals surface area contributed by atoms with Crippen molar-refractivity contribution in [3.63, 3.8) is 0 Å². The lowest BCUT2D eigenvalue weighted by molar-refractivity contribution is -0.660. The molecule has 0 bridgehead atoms. The molecule has 3 nitrogen and oxygen atoms in total. The molecule has 0 N–H and O–H groups in total. The number of rotatable bonds is 3. The normalized spacial score (nSPS) is 11.5. The summed E-state index contributed by atoms with van der Waals surface area (Å²) in [6.07, 6.45) is 2.97. The highest BCUT2D eigenvalue weighted by molar-refractivity contribution is 6.12. The first-order chi connectivity index (χ1) is 13.4. The lowest BCUT2D eigenvalue weighted by Crippen LogP contribution is -2.30. The highest BCUT2D eigenvalue weighted by atomic mass is 16.3. The molecule has 0 fully saturated rings. The summed E-state index contributed by atoms with van der Waals surface area (Å²) in [4.78, 5) is 0. The number of aromatic nitrogens is 1. The quantitative estimate of drug-likeness (QED) is 0.431. The highest BCUT2D eigenvalue weighted by Crippen LogP contribution is 2.40. The molecular formula is C25H25N2O+. The first-order valence-electron chi connectivity index (χ1n) is 9.75. The minimum atomic E-state index is 0.499. The number of nitrogens with zero attached hydrogens (tertiary/aromatic N) is 2. The molecule has 140 valence electrons. The van der Waals surface area contributed by atoms with E-state index in [0.717, 1.165) is 45.2 Å². The van der Waals surface area contributed by atoms with E-state index in [1.54, 1.807) is 0 Å². The van der Waals surface area contributed by atoms with Gasteiger partial charge in [-0.3, -0.25) is 0 Å². The molecule has 2 aromatic heterocycles. The Bertz CT molecular complexity index is 1260. The predicted molar refractivity (Wildman–Crippen MR) is 113 cm³/mol. The summed E-state index contributed by atoms with van der Waals surface area (Å²) in [5, 5.41) is 11.9. The summed E-state index contributed by atoms with van der Waals surface area (Å²) in [7, 11) is 2.06. The van der Waals surface area contributed by atoms with Gasteiger partial charge in [-0.05, 0) is 49.4 Å². The molecule has 0 radical (unpaired) electrons. The Morgan fingerprint density at radius 2 is 1.89 bits per heavy atom. The van der Waals surface area contributed by atoms with Gasteiger partial charge in [-0.15, -0.1) is 0 Å². The van der Waals surface area contributed by atoms with Gasteiger partial charge in [0.15, 0.2) is 6.20 Å². The topological polar surface area (TPSA) is 40.8 Å². The molecule has 28 heavy (non-hydrogen) atoms. The van der Waals surface area contributed by atoms with E-state index in [-0.39, 0.29) is 0 Å². The maximum Gasteiger partial charge on any atom is 0.216 e. The zero-order chi connectivity index (χ0) is 20.0. The SMILES string of the molecule is Cc1ccc2c(oc3c(C)c(C#N)cc(CC(C)C)c32)c1-c1cccc[n+]1C. The zero-order valence-corrected chi connectivity index (χ0v) is 17.1. The Kier molecular flexibility index (Phi) is 4.43. The van der Waals surface area contributed by atoms with Crippen LogP contribution in [0.2, 0.25) is 0 Å². The van der Waals surface area contributed by atoms with Crippen LogP contribution in [0.5, 0.6) is 0 Å². The molecule has 0 atom stereocenters. The first-order valence-corrected chi connectivity index (χ1v) is 9.75. The van der Waals surface area contributed by atoms with Crippen LogP contribution in [0.4, 0.5) is 0 Å². The fraction of sp³-hybridized carbons (Fsp3) is 0.280. The van der Waals surface area contributed by atoms with Gasteiger partial charge in [0.2, 0.25) is 5.69 Å². The monoisotopic (exact) mass is 369 g/mol. The van der Waals surface area contributed by atoms with Crippen LogP contribution in [-0.4, -0.2) is 0 Å². The van der Waals surface area contributed by atoms with E-state index < -0.39 is 0 Å². The van der Waals surface area contributed by atoms with Crippen molar-refractivity contribution >= 4 is 21.9 Å². The van der Waals surface area contributed by atoms with E-state index in [0.29, 0.717) is 11.5 Å². The minimum Gasteiger partial charge on any atom is -0.455 e. The largest absolute Gasteiger partial charge is 0.455 e. The molecule has 0 saturated carbocycles. The molecule has 3 heteroatoms. The van der Waals surface area contributed by atoms with Crippen molar-refractivity contribution < 1.29 is 8.98 Å². The summed E-state index contributed by atoms with van der Waals surface area (Å²) >= 11 is 0. The van der Waals surface area contributed by atoms with E-state index in [1.165, 1.54) is 11.1 Å². The van der Waals surface area contributed by atoms with Crippen LogP contribution < -0.4 is 4.57 Å². The first kappa shape index (κ1) is 18.3. The third-order valence-electron chi connectivity index (χ3n) is 5.51. The third kappa shape index (κ3) is 2.77. The van der Waals surface area contributed by atoms with Gasteiger partial charge in [-0.1, -0.05) is 26.0 Å². The molecule has 0 aliphatic heterocycles. The average molecular weight is 369 g/mol. The Morgan fingerprint density at radius 1 is 1.11 bits per heavy atom. The van der Waals surface area contributed by atoms with Gasteiger partial charge in [0, 0.05) is 28.5 Å². The Hall–Kier alpha value is -3.12. The van der Waals surface area contributed by atoms with Crippen molar-refractivity contribution in [1.82, 2.24) is 0 Å². The lowest BCUT2D eigenvalue weighted by atomic mass is 9.92. The molecule has 0 amide bonds. The maximum atomic E-state index is 9.63. The third-order valence-corrected chi connectivity index (χ3v) is 5.51. The second-order valence-electron chi connectivity index (χ2n) is 8.06. The van der Waals surface area contributed by atoms with Crippen LogP contribution >= 0.6 is 0 Å².